The Hall–Kier alpha value is -1.83. The van der Waals surface area contributed by atoms with Crippen LogP contribution in [0.25, 0.3) is 0 Å². The molecule has 0 saturated carbocycles. The van der Waals surface area contributed by atoms with Crippen molar-refractivity contribution in [2.24, 2.45) is 5.73 Å². The minimum absolute atomic E-state index is 0.0794. The lowest BCUT2D eigenvalue weighted by Crippen LogP contribution is -2.51. The second-order valence-corrected chi connectivity index (χ2v) is 4.51. The summed E-state index contributed by atoms with van der Waals surface area (Å²) in [6.45, 7) is 1.42. The Morgan fingerprint density at radius 3 is 2.63 bits per heavy atom. The summed E-state index contributed by atoms with van der Waals surface area (Å²) in [4.78, 5) is 34.2. The van der Waals surface area contributed by atoms with Crippen molar-refractivity contribution in [3.05, 3.63) is 0 Å². The number of primary amides is 1. The van der Waals surface area contributed by atoms with Crippen LogP contribution in [0.4, 0.5) is 4.79 Å². The Morgan fingerprint density at radius 1 is 1.47 bits per heavy atom. The topological polar surface area (TPSA) is 122 Å². The standard InChI is InChI=1S/C11H19N3O5/c1-7(8-3-2-4-19-8)13-11(18)14(5-9(12)15)6-10(16)17/h7-8H,2-6H2,1H3,(H2,12,15)(H,13,18)(H,16,17). The third kappa shape index (κ3) is 5.12. The molecule has 3 amide bonds. The number of carbonyl (C=O) groups is 3. The lowest BCUT2D eigenvalue weighted by molar-refractivity contribution is -0.137. The van der Waals surface area contributed by atoms with Crippen molar-refractivity contribution in [2.45, 2.75) is 31.9 Å². The summed E-state index contributed by atoms with van der Waals surface area (Å²) in [5.74, 6) is -1.97. The number of amides is 3. The quantitative estimate of drug-likeness (QED) is 0.581. The van der Waals surface area contributed by atoms with Crippen LogP contribution >= 0.6 is 0 Å². The zero-order valence-corrected chi connectivity index (χ0v) is 10.8. The van der Waals surface area contributed by atoms with Crippen molar-refractivity contribution in [1.29, 1.82) is 0 Å². The van der Waals surface area contributed by atoms with Gasteiger partial charge in [-0.05, 0) is 19.8 Å². The molecule has 0 aliphatic carbocycles. The van der Waals surface area contributed by atoms with Crippen LogP contribution < -0.4 is 11.1 Å². The van der Waals surface area contributed by atoms with Gasteiger partial charge in [0, 0.05) is 6.61 Å². The maximum atomic E-state index is 11.9. The Bertz CT molecular complexity index is 338. The fourth-order valence-corrected chi connectivity index (χ4v) is 1.93. The maximum absolute atomic E-state index is 11.9. The molecule has 1 rings (SSSR count). The van der Waals surface area contributed by atoms with Crippen LogP contribution in [-0.4, -0.2) is 59.8 Å². The maximum Gasteiger partial charge on any atom is 0.323 e. The molecule has 1 heterocycles. The molecular formula is C11H19N3O5. The molecule has 1 fully saturated rings. The number of aliphatic carboxylic acids is 1. The zero-order valence-electron chi connectivity index (χ0n) is 10.8. The summed E-state index contributed by atoms with van der Waals surface area (Å²) in [7, 11) is 0. The Morgan fingerprint density at radius 2 is 2.16 bits per heavy atom. The van der Waals surface area contributed by atoms with Gasteiger partial charge in [0.1, 0.15) is 13.1 Å². The Kier molecular flexibility index (Phi) is 5.56. The minimum Gasteiger partial charge on any atom is -0.480 e. The van der Waals surface area contributed by atoms with Gasteiger partial charge >= 0.3 is 12.0 Å². The van der Waals surface area contributed by atoms with Crippen molar-refractivity contribution in [3.8, 4) is 0 Å². The number of nitrogens with zero attached hydrogens (tertiary/aromatic N) is 1. The van der Waals surface area contributed by atoms with E-state index in [-0.39, 0.29) is 12.1 Å². The van der Waals surface area contributed by atoms with E-state index in [2.05, 4.69) is 5.32 Å². The highest BCUT2D eigenvalue weighted by molar-refractivity contribution is 5.86. The monoisotopic (exact) mass is 273 g/mol. The number of urea groups is 1. The average Bonchev–Trinajstić information content (AvgIpc) is 2.79. The number of ether oxygens (including phenoxy) is 1. The van der Waals surface area contributed by atoms with E-state index in [1.807, 2.05) is 0 Å². The van der Waals surface area contributed by atoms with Crippen molar-refractivity contribution in [2.75, 3.05) is 19.7 Å². The summed E-state index contributed by atoms with van der Waals surface area (Å²) in [6.07, 6.45) is 1.70. The molecule has 0 aromatic carbocycles. The van der Waals surface area contributed by atoms with Crippen molar-refractivity contribution in [3.63, 3.8) is 0 Å². The molecular weight excluding hydrogens is 254 g/mol. The van der Waals surface area contributed by atoms with E-state index in [9.17, 15) is 14.4 Å². The van der Waals surface area contributed by atoms with Gasteiger partial charge in [0.05, 0.1) is 12.1 Å². The van der Waals surface area contributed by atoms with Gasteiger partial charge in [0.2, 0.25) is 5.91 Å². The van der Waals surface area contributed by atoms with E-state index in [0.29, 0.717) is 6.61 Å². The van der Waals surface area contributed by atoms with Crippen LogP contribution in [0.2, 0.25) is 0 Å². The summed E-state index contributed by atoms with van der Waals surface area (Å²) < 4.78 is 5.42. The van der Waals surface area contributed by atoms with Gasteiger partial charge in [-0.25, -0.2) is 4.79 Å². The molecule has 8 heteroatoms. The molecule has 2 atom stereocenters. The van der Waals surface area contributed by atoms with Crippen molar-refractivity contribution < 1.29 is 24.2 Å². The predicted octanol–water partition coefficient (Wildman–Crippen LogP) is -0.865. The Balaban J connectivity index is 2.54. The van der Waals surface area contributed by atoms with Gasteiger partial charge in [-0.1, -0.05) is 0 Å². The van der Waals surface area contributed by atoms with Gasteiger partial charge in [0.25, 0.3) is 0 Å². The van der Waals surface area contributed by atoms with E-state index in [4.69, 9.17) is 15.6 Å². The first kappa shape index (κ1) is 15.2. The number of carbonyl (C=O) groups excluding carboxylic acids is 2. The molecule has 19 heavy (non-hydrogen) atoms. The third-order valence-electron chi connectivity index (χ3n) is 2.83. The lowest BCUT2D eigenvalue weighted by Gasteiger charge is -2.25. The number of carboxylic acids is 1. The van der Waals surface area contributed by atoms with Gasteiger partial charge in [-0.3, -0.25) is 9.59 Å². The molecule has 1 saturated heterocycles. The van der Waals surface area contributed by atoms with E-state index in [1.54, 1.807) is 6.92 Å². The van der Waals surface area contributed by atoms with Crippen LogP contribution in [-0.2, 0) is 14.3 Å². The second kappa shape index (κ2) is 6.93. The molecule has 1 aliphatic heterocycles. The zero-order chi connectivity index (χ0) is 14.4. The van der Waals surface area contributed by atoms with Gasteiger partial charge in [-0.2, -0.15) is 0 Å². The first-order valence-corrected chi connectivity index (χ1v) is 6.07. The number of hydrogen-bond donors (Lipinski definition) is 3. The normalized spacial score (nSPS) is 19.7. The van der Waals surface area contributed by atoms with Gasteiger partial charge in [-0.15, -0.1) is 0 Å². The van der Waals surface area contributed by atoms with Crippen LogP contribution in [0.5, 0.6) is 0 Å². The molecule has 0 aromatic rings. The Labute approximate surface area is 110 Å². The predicted molar refractivity (Wildman–Crippen MR) is 65.4 cm³/mol. The number of nitrogens with two attached hydrogens (primary N) is 1. The van der Waals surface area contributed by atoms with Gasteiger partial charge < -0.3 is 25.8 Å². The third-order valence-corrected chi connectivity index (χ3v) is 2.83. The molecule has 0 radical (unpaired) electrons. The smallest absolute Gasteiger partial charge is 0.323 e. The number of carboxylic acid groups (broad SMARTS) is 1. The number of rotatable bonds is 6. The SMILES string of the molecule is CC(NC(=O)N(CC(N)=O)CC(=O)O)C1CCCO1. The molecule has 0 aromatic heterocycles. The van der Waals surface area contributed by atoms with E-state index >= 15 is 0 Å². The highest BCUT2D eigenvalue weighted by atomic mass is 16.5. The molecule has 2 unspecified atom stereocenters. The van der Waals surface area contributed by atoms with Crippen LogP contribution in [0, 0.1) is 0 Å². The average molecular weight is 273 g/mol. The molecule has 0 bridgehead atoms. The van der Waals surface area contributed by atoms with Gasteiger partial charge in [0.15, 0.2) is 0 Å². The summed E-state index contributed by atoms with van der Waals surface area (Å²) >= 11 is 0. The summed E-state index contributed by atoms with van der Waals surface area (Å²) in [6, 6.07) is -0.886. The molecule has 0 spiro atoms. The van der Waals surface area contributed by atoms with Crippen molar-refractivity contribution in [1.82, 2.24) is 10.2 Å². The molecule has 4 N–H and O–H groups in total. The minimum atomic E-state index is -1.21. The fourth-order valence-electron chi connectivity index (χ4n) is 1.93. The first-order valence-electron chi connectivity index (χ1n) is 6.07. The summed E-state index contributed by atoms with van der Waals surface area (Å²) in [5, 5.41) is 11.3. The van der Waals surface area contributed by atoms with Crippen LogP contribution in [0.1, 0.15) is 19.8 Å². The number of hydrogen-bond acceptors (Lipinski definition) is 4. The van der Waals surface area contributed by atoms with E-state index < -0.39 is 31.0 Å². The van der Waals surface area contributed by atoms with Crippen LogP contribution in [0.15, 0.2) is 0 Å². The first-order chi connectivity index (χ1) is 8.90. The fraction of sp³-hybridized carbons (Fsp3) is 0.727. The van der Waals surface area contributed by atoms with E-state index in [1.165, 1.54) is 0 Å². The largest absolute Gasteiger partial charge is 0.480 e. The number of nitrogens with one attached hydrogen (secondary N) is 1. The highest BCUT2D eigenvalue weighted by Crippen LogP contribution is 2.15. The molecule has 108 valence electrons. The highest BCUT2D eigenvalue weighted by Gasteiger charge is 2.26. The van der Waals surface area contributed by atoms with Crippen molar-refractivity contribution >= 4 is 17.9 Å². The second-order valence-electron chi connectivity index (χ2n) is 4.51. The summed E-state index contributed by atoms with van der Waals surface area (Å²) in [5.41, 5.74) is 4.98. The van der Waals surface area contributed by atoms with Crippen LogP contribution in [0.3, 0.4) is 0 Å². The van der Waals surface area contributed by atoms with E-state index in [0.717, 1.165) is 17.7 Å². The lowest BCUT2D eigenvalue weighted by atomic mass is 10.1. The molecule has 8 nitrogen and oxygen atoms in total. The molecule has 1 aliphatic rings.